The quantitative estimate of drug-likeness (QED) is 0.585. The van der Waals surface area contributed by atoms with E-state index in [1.807, 2.05) is 13.0 Å². The highest BCUT2D eigenvalue weighted by Gasteiger charge is 2.21. The minimum atomic E-state index is -4.05. The summed E-state index contributed by atoms with van der Waals surface area (Å²) in [5.74, 6) is -1.26. The maximum absolute atomic E-state index is 13.8. The van der Waals surface area contributed by atoms with Gasteiger partial charge in [0.25, 0.3) is 15.9 Å². The highest BCUT2D eigenvalue weighted by atomic mass is 35.5. The average molecular weight is 433 g/mol. The van der Waals surface area contributed by atoms with Crippen molar-refractivity contribution < 1.29 is 17.6 Å². The molecule has 3 aromatic carbocycles. The molecule has 0 saturated heterocycles. The van der Waals surface area contributed by atoms with Crippen molar-refractivity contribution in [3.63, 3.8) is 0 Å². The lowest BCUT2D eigenvalue weighted by Gasteiger charge is -2.13. The minimum Gasteiger partial charge on any atom is -0.319 e. The third kappa shape index (κ3) is 4.75. The van der Waals surface area contributed by atoms with Gasteiger partial charge in [0.2, 0.25) is 0 Å². The van der Waals surface area contributed by atoms with Gasteiger partial charge in [0.05, 0.1) is 16.4 Å². The monoisotopic (exact) mass is 432 g/mol. The molecule has 5 nitrogen and oxygen atoms in total. The van der Waals surface area contributed by atoms with E-state index in [1.165, 1.54) is 30.3 Å². The van der Waals surface area contributed by atoms with E-state index in [0.29, 0.717) is 5.69 Å². The minimum absolute atomic E-state index is 0.00902. The first-order valence-electron chi connectivity index (χ1n) is 8.63. The van der Waals surface area contributed by atoms with Gasteiger partial charge >= 0.3 is 0 Å². The zero-order chi connectivity index (χ0) is 21.2. The van der Waals surface area contributed by atoms with Crippen molar-refractivity contribution in [1.29, 1.82) is 0 Å². The summed E-state index contributed by atoms with van der Waals surface area (Å²) in [5.41, 5.74) is 2.17. The molecule has 150 valence electrons. The summed E-state index contributed by atoms with van der Waals surface area (Å²) in [6.45, 7) is 3.69. The Kier molecular flexibility index (Phi) is 5.91. The number of para-hydroxylation sites is 1. The van der Waals surface area contributed by atoms with Crippen LogP contribution in [0.2, 0.25) is 5.02 Å². The molecule has 3 aromatic rings. The molecular formula is C21H18ClFN2O3S. The van der Waals surface area contributed by atoms with Gasteiger partial charge in [0, 0.05) is 5.56 Å². The van der Waals surface area contributed by atoms with Crippen LogP contribution >= 0.6 is 11.6 Å². The molecule has 0 radical (unpaired) electrons. The van der Waals surface area contributed by atoms with Crippen LogP contribution in [0, 0.1) is 19.7 Å². The van der Waals surface area contributed by atoms with Crippen molar-refractivity contribution in [1.82, 2.24) is 0 Å². The lowest BCUT2D eigenvalue weighted by Crippen LogP contribution is -2.17. The number of rotatable bonds is 5. The Labute approximate surface area is 173 Å². The van der Waals surface area contributed by atoms with E-state index in [4.69, 9.17) is 11.6 Å². The van der Waals surface area contributed by atoms with Gasteiger partial charge in [0.1, 0.15) is 10.7 Å². The molecule has 0 aliphatic carbocycles. The van der Waals surface area contributed by atoms with E-state index in [2.05, 4.69) is 10.0 Å². The largest absolute Gasteiger partial charge is 0.319 e. The fraction of sp³-hybridized carbons (Fsp3) is 0.0952. The van der Waals surface area contributed by atoms with Crippen molar-refractivity contribution in [3.8, 4) is 0 Å². The van der Waals surface area contributed by atoms with Gasteiger partial charge in [-0.25, -0.2) is 12.8 Å². The number of sulfonamides is 1. The Bertz CT molecular complexity index is 1200. The molecule has 0 spiro atoms. The molecule has 29 heavy (non-hydrogen) atoms. The maximum atomic E-state index is 13.8. The Morgan fingerprint density at radius 1 is 0.966 bits per heavy atom. The van der Waals surface area contributed by atoms with Crippen LogP contribution in [0.5, 0.6) is 0 Å². The highest BCUT2D eigenvalue weighted by Crippen LogP contribution is 2.27. The molecule has 0 heterocycles. The SMILES string of the molecule is Cc1ccc(NS(=O)(=O)c2cc(C(=O)Nc3ccccc3F)ccc2Cl)c(C)c1. The van der Waals surface area contributed by atoms with E-state index < -0.39 is 21.7 Å². The first-order chi connectivity index (χ1) is 13.7. The molecule has 3 rings (SSSR count). The molecule has 0 aromatic heterocycles. The fourth-order valence-electron chi connectivity index (χ4n) is 2.74. The molecule has 2 N–H and O–H groups in total. The summed E-state index contributed by atoms with van der Waals surface area (Å²) in [4.78, 5) is 12.2. The molecule has 0 fully saturated rings. The average Bonchev–Trinajstić information content (AvgIpc) is 2.66. The normalized spacial score (nSPS) is 11.2. The van der Waals surface area contributed by atoms with Crippen LogP contribution in [-0.4, -0.2) is 14.3 Å². The third-order valence-electron chi connectivity index (χ3n) is 4.23. The van der Waals surface area contributed by atoms with E-state index >= 15 is 0 Å². The molecule has 8 heteroatoms. The summed E-state index contributed by atoms with van der Waals surface area (Å²) >= 11 is 6.09. The lowest BCUT2D eigenvalue weighted by atomic mass is 10.1. The second-order valence-electron chi connectivity index (χ2n) is 6.50. The summed E-state index contributed by atoms with van der Waals surface area (Å²) in [7, 11) is -4.05. The number of hydrogen-bond donors (Lipinski definition) is 2. The van der Waals surface area contributed by atoms with Gasteiger partial charge in [0.15, 0.2) is 0 Å². The topological polar surface area (TPSA) is 75.3 Å². The predicted molar refractivity (Wildman–Crippen MR) is 113 cm³/mol. The summed E-state index contributed by atoms with van der Waals surface area (Å²) in [6, 6.07) is 14.8. The summed E-state index contributed by atoms with van der Waals surface area (Å²) in [5, 5.41) is 2.38. The van der Waals surface area contributed by atoms with Crippen LogP contribution < -0.4 is 10.0 Å². The molecule has 1 amide bonds. The van der Waals surface area contributed by atoms with E-state index in [0.717, 1.165) is 17.2 Å². The first-order valence-corrected chi connectivity index (χ1v) is 10.5. The Hall–Kier alpha value is -2.90. The number of carbonyl (C=O) groups is 1. The summed E-state index contributed by atoms with van der Waals surface area (Å²) in [6.07, 6.45) is 0. The van der Waals surface area contributed by atoms with Gasteiger partial charge in [-0.3, -0.25) is 9.52 Å². The zero-order valence-electron chi connectivity index (χ0n) is 15.7. The van der Waals surface area contributed by atoms with Crippen molar-refractivity contribution in [2.24, 2.45) is 0 Å². The molecular weight excluding hydrogens is 415 g/mol. The third-order valence-corrected chi connectivity index (χ3v) is 6.08. The molecule has 0 aliphatic heterocycles. The Balaban J connectivity index is 1.91. The standard InChI is InChI=1S/C21H18ClFN2O3S/c1-13-7-10-18(14(2)11-13)25-29(27,28)20-12-15(8-9-16(20)22)21(26)24-19-6-4-3-5-17(19)23/h3-12,25H,1-2H3,(H,24,26). The van der Waals surface area contributed by atoms with Gasteiger partial charge in [-0.2, -0.15) is 0 Å². The van der Waals surface area contributed by atoms with Gasteiger partial charge in [-0.15, -0.1) is 0 Å². The molecule has 0 bridgehead atoms. The molecule has 0 aliphatic rings. The number of amides is 1. The number of benzene rings is 3. The van der Waals surface area contributed by atoms with Crippen molar-refractivity contribution >= 4 is 38.9 Å². The second kappa shape index (κ2) is 8.23. The second-order valence-corrected chi connectivity index (χ2v) is 8.56. The molecule has 0 saturated carbocycles. The molecule has 0 atom stereocenters. The number of nitrogens with one attached hydrogen (secondary N) is 2. The van der Waals surface area contributed by atoms with Gasteiger partial charge < -0.3 is 5.32 Å². The summed E-state index contributed by atoms with van der Waals surface area (Å²) < 4.78 is 42.0. The number of anilines is 2. The number of aryl methyl sites for hydroxylation is 2. The zero-order valence-corrected chi connectivity index (χ0v) is 17.2. The Morgan fingerprint density at radius 3 is 2.38 bits per heavy atom. The maximum Gasteiger partial charge on any atom is 0.263 e. The number of hydrogen-bond acceptors (Lipinski definition) is 3. The van der Waals surface area contributed by atoms with E-state index in [1.54, 1.807) is 25.1 Å². The first kappa shape index (κ1) is 20.8. The van der Waals surface area contributed by atoms with Gasteiger partial charge in [-0.1, -0.05) is 41.4 Å². The van der Waals surface area contributed by atoms with Crippen LogP contribution in [0.3, 0.4) is 0 Å². The van der Waals surface area contributed by atoms with E-state index in [9.17, 15) is 17.6 Å². The fourth-order valence-corrected chi connectivity index (χ4v) is 4.39. The number of halogens is 2. The van der Waals surface area contributed by atoms with Crippen LogP contribution in [0.15, 0.2) is 65.6 Å². The van der Waals surface area contributed by atoms with E-state index in [-0.39, 0.29) is 21.2 Å². The lowest BCUT2D eigenvalue weighted by molar-refractivity contribution is 0.102. The van der Waals surface area contributed by atoms with Crippen LogP contribution in [-0.2, 0) is 10.0 Å². The van der Waals surface area contributed by atoms with Crippen molar-refractivity contribution in [3.05, 3.63) is 88.2 Å². The smallest absolute Gasteiger partial charge is 0.263 e. The van der Waals surface area contributed by atoms with Crippen molar-refractivity contribution in [2.45, 2.75) is 18.7 Å². The van der Waals surface area contributed by atoms with Crippen LogP contribution in [0.25, 0.3) is 0 Å². The molecule has 0 unspecified atom stereocenters. The highest BCUT2D eigenvalue weighted by molar-refractivity contribution is 7.92. The Morgan fingerprint density at radius 2 is 1.69 bits per heavy atom. The number of carbonyl (C=O) groups excluding carboxylic acids is 1. The van der Waals surface area contributed by atoms with Crippen LogP contribution in [0.4, 0.5) is 15.8 Å². The van der Waals surface area contributed by atoms with Crippen LogP contribution in [0.1, 0.15) is 21.5 Å². The predicted octanol–water partition coefficient (Wildman–Crippen LogP) is 5.15. The van der Waals surface area contributed by atoms with Crippen molar-refractivity contribution in [2.75, 3.05) is 10.0 Å². The van der Waals surface area contributed by atoms with Gasteiger partial charge in [-0.05, 0) is 55.8 Å².